The first-order valence-corrected chi connectivity index (χ1v) is 6.79. The van der Waals surface area contributed by atoms with Crippen LogP contribution in [0.2, 0.25) is 0 Å². The highest BCUT2D eigenvalue weighted by atomic mass is 16.5. The molecular weight excluding hydrogens is 242 g/mol. The van der Waals surface area contributed by atoms with Gasteiger partial charge in [0.25, 0.3) is 0 Å². The molecule has 1 aliphatic rings. The molecule has 106 valence electrons. The highest BCUT2D eigenvalue weighted by Crippen LogP contribution is 2.14. The van der Waals surface area contributed by atoms with Gasteiger partial charge in [0.2, 0.25) is 0 Å². The number of fused-ring (bicyclic) bond motifs is 1. The second kappa shape index (κ2) is 6.56. The van der Waals surface area contributed by atoms with E-state index in [-0.39, 0.29) is 6.04 Å². The maximum atomic E-state index is 5.82. The summed E-state index contributed by atoms with van der Waals surface area (Å²) in [5.41, 5.74) is 6.81. The van der Waals surface area contributed by atoms with Crippen molar-refractivity contribution in [3.05, 3.63) is 17.7 Å². The van der Waals surface area contributed by atoms with Gasteiger partial charge in [0, 0.05) is 32.3 Å². The molecular formula is C13H23N5O. The number of methoxy groups -OCH3 is 1. The third-order valence-corrected chi connectivity index (χ3v) is 3.18. The van der Waals surface area contributed by atoms with Gasteiger partial charge in [-0.15, -0.1) is 0 Å². The Kier molecular flexibility index (Phi) is 4.79. The molecule has 1 atom stereocenters. The molecule has 1 unspecified atom stereocenters. The third kappa shape index (κ3) is 3.96. The lowest BCUT2D eigenvalue weighted by atomic mass is 10.2. The summed E-state index contributed by atoms with van der Waals surface area (Å²) in [7, 11) is 1.67. The van der Waals surface area contributed by atoms with E-state index in [1.54, 1.807) is 7.11 Å². The molecule has 3 N–H and O–H groups in total. The maximum Gasteiger partial charge on any atom is 0.189 e. The van der Waals surface area contributed by atoms with E-state index in [9.17, 15) is 0 Å². The lowest BCUT2D eigenvalue weighted by molar-refractivity contribution is 0.179. The monoisotopic (exact) mass is 265 g/mol. The largest absolute Gasteiger partial charge is 0.383 e. The molecule has 19 heavy (non-hydrogen) atoms. The van der Waals surface area contributed by atoms with Crippen molar-refractivity contribution in [2.45, 2.75) is 45.3 Å². The Hall–Kier alpha value is -1.56. The lowest BCUT2D eigenvalue weighted by Gasteiger charge is -2.12. The first-order chi connectivity index (χ1) is 9.19. The molecule has 6 heteroatoms. The zero-order chi connectivity index (χ0) is 13.7. The van der Waals surface area contributed by atoms with Crippen LogP contribution < -0.4 is 11.1 Å². The van der Waals surface area contributed by atoms with E-state index in [0.717, 1.165) is 18.7 Å². The van der Waals surface area contributed by atoms with Crippen molar-refractivity contribution in [1.82, 2.24) is 14.9 Å². The van der Waals surface area contributed by atoms with E-state index >= 15 is 0 Å². The predicted molar refractivity (Wildman–Crippen MR) is 75.0 cm³/mol. The van der Waals surface area contributed by atoms with E-state index in [4.69, 9.17) is 10.5 Å². The summed E-state index contributed by atoms with van der Waals surface area (Å²) in [6.45, 7) is 4.21. The van der Waals surface area contributed by atoms with Gasteiger partial charge in [-0.1, -0.05) is 0 Å². The van der Waals surface area contributed by atoms with Crippen LogP contribution in [-0.4, -0.2) is 35.3 Å². The van der Waals surface area contributed by atoms with Crippen LogP contribution >= 0.6 is 0 Å². The molecule has 0 aromatic carbocycles. The number of aliphatic imine (C=N–C) groups is 1. The quantitative estimate of drug-likeness (QED) is 0.605. The number of rotatable bonds is 5. The standard InChI is InChI=1S/C13H23N5O/c1-10(9-19-2)16-13(14)15-7-11-8-18-6-4-3-5-12(18)17-11/h8,10H,3-7,9H2,1-2H3,(H3,14,15,16). The molecule has 6 nitrogen and oxygen atoms in total. The summed E-state index contributed by atoms with van der Waals surface area (Å²) in [6, 6.07) is 0.156. The van der Waals surface area contributed by atoms with Gasteiger partial charge in [0.05, 0.1) is 18.8 Å². The van der Waals surface area contributed by atoms with E-state index < -0.39 is 0 Å². The Balaban J connectivity index is 1.88. The molecule has 0 saturated carbocycles. The number of ether oxygens (including phenoxy) is 1. The van der Waals surface area contributed by atoms with E-state index in [2.05, 4.69) is 26.1 Å². The molecule has 0 amide bonds. The molecule has 0 spiro atoms. The zero-order valence-corrected chi connectivity index (χ0v) is 11.7. The van der Waals surface area contributed by atoms with E-state index in [1.165, 1.54) is 18.7 Å². The number of nitrogens with zero attached hydrogens (tertiary/aromatic N) is 3. The lowest BCUT2D eigenvalue weighted by Crippen LogP contribution is -2.40. The summed E-state index contributed by atoms with van der Waals surface area (Å²) < 4.78 is 7.26. The number of nitrogens with one attached hydrogen (secondary N) is 1. The van der Waals surface area contributed by atoms with Crippen LogP contribution in [0.25, 0.3) is 0 Å². The van der Waals surface area contributed by atoms with Gasteiger partial charge < -0.3 is 20.4 Å². The van der Waals surface area contributed by atoms with Crippen LogP contribution in [0.5, 0.6) is 0 Å². The fourth-order valence-electron chi connectivity index (χ4n) is 2.30. The van der Waals surface area contributed by atoms with Crippen molar-refractivity contribution in [2.75, 3.05) is 13.7 Å². The summed E-state index contributed by atoms with van der Waals surface area (Å²) in [6.07, 6.45) is 5.63. The van der Waals surface area contributed by atoms with Gasteiger partial charge in [-0.3, -0.25) is 0 Å². The summed E-state index contributed by atoms with van der Waals surface area (Å²) >= 11 is 0. The molecule has 0 radical (unpaired) electrons. The van der Waals surface area contributed by atoms with Crippen molar-refractivity contribution >= 4 is 5.96 Å². The van der Waals surface area contributed by atoms with Gasteiger partial charge in [-0.05, 0) is 19.8 Å². The van der Waals surface area contributed by atoms with E-state index in [0.29, 0.717) is 19.1 Å². The van der Waals surface area contributed by atoms with Crippen LogP contribution in [0.1, 0.15) is 31.3 Å². The SMILES string of the molecule is COCC(C)NC(N)=NCc1cn2c(n1)CCCC2. The molecule has 2 rings (SSSR count). The number of aryl methyl sites for hydroxylation is 2. The number of nitrogens with two attached hydrogens (primary N) is 1. The van der Waals surface area contributed by atoms with Crippen LogP contribution in [0.4, 0.5) is 0 Å². The number of aromatic nitrogens is 2. The minimum Gasteiger partial charge on any atom is -0.383 e. The average Bonchev–Trinajstić information content (AvgIpc) is 2.79. The zero-order valence-electron chi connectivity index (χ0n) is 11.7. The smallest absolute Gasteiger partial charge is 0.189 e. The Labute approximate surface area is 114 Å². The fourth-order valence-corrected chi connectivity index (χ4v) is 2.30. The maximum absolute atomic E-state index is 5.82. The number of hydrogen-bond donors (Lipinski definition) is 2. The van der Waals surface area contributed by atoms with Crippen LogP contribution in [0, 0.1) is 0 Å². The Bertz CT molecular complexity index is 417. The third-order valence-electron chi connectivity index (χ3n) is 3.18. The van der Waals surface area contributed by atoms with Crippen LogP contribution in [0.3, 0.4) is 0 Å². The van der Waals surface area contributed by atoms with Gasteiger partial charge in [-0.25, -0.2) is 9.98 Å². The highest BCUT2D eigenvalue weighted by molar-refractivity contribution is 5.78. The molecule has 0 saturated heterocycles. The van der Waals surface area contributed by atoms with Gasteiger partial charge in [0.15, 0.2) is 5.96 Å². The van der Waals surface area contributed by atoms with E-state index in [1.807, 2.05) is 6.92 Å². The minimum absolute atomic E-state index is 0.156. The first-order valence-electron chi connectivity index (χ1n) is 6.79. The molecule has 1 aliphatic heterocycles. The van der Waals surface area contributed by atoms with Gasteiger partial charge >= 0.3 is 0 Å². The summed E-state index contributed by atoms with van der Waals surface area (Å²) in [5, 5.41) is 3.08. The summed E-state index contributed by atoms with van der Waals surface area (Å²) in [4.78, 5) is 8.90. The first kappa shape index (κ1) is 13.9. The minimum atomic E-state index is 0.156. The molecule has 2 heterocycles. The Morgan fingerprint density at radius 2 is 2.47 bits per heavy atom. The molecule has 0 aliphatic carbocycles. The Morgan fingerprint density at radius 1 is 1.63 bits per heavy atom. The molecule has 1 aromatic heterocycles. The number of guanidine groups is 1. The second-order valence-corrected chi connectivity index (χ2v) is 5.00. The van der Waals surface area contributed by atoms with Crippen LogP contribution in [0.15, 0.2) is 11.2 Å². The van der Waals surface area contributed by atoms with Crippen molar-refractivity contribution in [3.8, 4) is 0 Å². The summed E-state index contributed by atoms with van der Waals surface area (Å²) in [5.74, 6) is 1.62. The van der Waals surface area contributed by atoms with Crippen LogP contribution in [-0.2, 0) is 24.2 Å². The van der Waals surface area contributed by atoms with Gasteiger partial charge in [-0.2, -0.15) is 0 Å². The molecule has 0 fully saturated rings. The molecule has 1 aromatic rings. The number of hydrogen-bond acceptors (Lipinski definition) is 3. The topological polar surface area (TPSA) is 77.5 Å². The predicted octanol–water partition coefficient (Wildman–Crippen LogP) is 0.659. The normalized spacial score (nSPS) is 17.1. The van der Waals surface area contributed by atoms with Crippen molar-refractivity contribution in [2.24, 2.45) is 10.7 Å². The average molecular weight is 265 g/mol. The van der Waals surface area contributed by atoms with Crippen molar-refractivity contribution < 1.29 is 4.74 Å². The van der Waals surface area contributed by atoms with Crippen molar-refractivity contribution in [3.63, 3.8) is 0 Å². The van der Waals surface area contributed by atoms with Gasteiger partial charge in [0.1, 0.15) is 5.82 Å². The molecule has 0 bridgehead atoms. The Morgan fingerprint density at radius 3 is 3.21 bits per heavy atom. The number of imidazole rings is 1. The van der Waals surface area contributed by atoms with Crippen molar-refractivity contribution in [1.29, 1.82) is 0 Å². The fraction of sp³-hybridized carbons (Fsp3) is 0.692. The highest BCUT2D eigenvalue weighted by Gasteiger charge is 2.11. The second-order valence-electron chi connectivity index (χ2n) is 5.00.